The van der Waals surface area contributed by atoms with Crippen molar-refractivity contribution in [2.75, 3.05) is 11.9 Å². The highest BCUT2D eigenvalue weighted by Gasteiger charge is 2.39. The number of ether oxygens (including phenoxy) is 1. The number of nitrogens with zero attached hydrogens (tertiary/aromatic N) is 4. The molecule has 0 atom stereocenters. The van der Waals surface area contributed by atoms with Gasteiger partial charge in [-0.25, -0.2) is 9.78 Å². The third-order valence-corrected chi connectivity index (χ3v) is 5.18. The van der Waals surface area contributed by atoms with E-state index in [0.717, 1.165) is 0 Å². The van der Waals surface area contributed by atoms with E-state index in [1.807, 2.05) is 0 Å². The van der Waals surface area contributed by atoms with Crippen LogP contribution in [-0.4, -0.2) is 38.0 Å². The fraction of sp³-hybridized carbons (Fsp3) is 0.409. The molecule has 37 heavy (non-hydrogen) atoms. The van der Waals surface area contributed by atoms with E-state index in [1.54, 1.807) is 13.8 Å². The average Bonchev–Trinajstić information content (AvgIpc) is 3.19. The summed E-state index contributed by atoms with van der Waals surface area (Å²) in [6.45, 7) is 6.08. The Kier molecular flexibility index (Phi) is 7.93. The molecule has 2 amide bonds. The van der Waals surface area contributed by atoms with Crippen molar-refractivity contribution in [3.05, 3.63) is 46.0 Å². The number of hydrogen-bond acceptors (Lipinski definition) is 6. The number of aromatic nitrogens is 5. The summed E-state index contributed by atoms with van der Waals surface area (Å²) >= 11 is 0. The van der Waals surface area contributed by atoms with Gasteiger partial charge in [-0.2, -0.15) is 36.5 Å². The lowest BCUT2D eigenvalue weighted by molar-refractivity contribution is -0.141. The molecular weight excluding hydrogens is 508 g/mol. The molecule has 0 saturated heterocycles. The van der Waals surface area contributed by atoms with Gasteiger partial charge in [0.15, 0.2) is 11.4 Å². The first kappa shape index (κ1) is 27.7. The van der Waals surface area contributed by atoms with E-state index >= 15 is 0 Å². The zero-order valence-corrected chi connectivity index (χ0v) is 20.1. The van der Waals surface area contributed by atoms with Gasteiger partial charge < -0.3 is 15.4 Å². The minimum absolute atomic E-state index is 0.0284. The van der Waals surface area contributed by atoms with Crippen LogP contribution in [0.2, 0.25) is 0 Å². The molecule has 0 aliphatic carbocycles. The van der Waals surface area contributed by atoms with Crippen molar-refractivity contribution in [1.82, 2.24) is 30.7 Å². The van der Waals surface area contributed by atoms with E-state index in [-0.39, 0.29) is 59.3 Å². The van der Waals surface area contributed by atoms with Crippen molar-refractivity contribution >= 4 is 11.7 Å². The van der Waals surface area contributed by atoms with Gasteiger partial charge in [0.1, 0.15) is 0 Å². The van der Waals surface area contributed by atoms with Crippen LogP contribution in [0.1, 0.15) is 47.8 Å². The number of carbonyl (C=O) groups is 1. The standard InChI is InChI=1S/C22H23F6N7O2/c1-5-13-14(8-15(21(23,24)25)31-19(13)37-6-2)30-20(36)29-9-12-7-10(3)17(34-33-12)16-11(4)32-35-18(16)22(26,27)28/h7-8H,5-6,9H2,1-4H3,(H,32,35)(H2,29,30,31,36). The molecule has 0 bridgehead atoms. The molecule has 0 fully saturated rings. The minimum Gasteiger partial charge on any atom is -0.478 e. The quantitative estimate of drug-likeness (QED) is 0.361. The van der Waals surface area contributed by atoms with Crippen molar-refractivity contribution < 1.29 is 35.9 Å². The molecule has 0 aliphatic rings. The molecule has 0 unspecified atom stereocenters. The number of H-pyrrole nitrogens is 1. The summed E-state index contributed by atoms with van der Waals surface area (Å²) in [5.41, 5.74) is -1.74. The number of carbonyl (C=O) groups excluding carboxylic acids is 1. The maximum absolute atomic E-state index is 13.3. The van der Waals surface area contributed by atoms with Crippen molar-refractivity contribution in [3.63, 3.8) is 0 Å². The highest BCUT2D eigenvalue weighted by molar-refractivity contribution is 5.90. The van der Waals surface area contributed by atoms with Crippen LogP contribution < -0.4 is 15.4 Å². The topological polar surface area (TPSA) is 118 Å². The highest BCUT2D eigenvalue weighted by Crippen LogP contribution is 2.38. The molecule has 3 aromatic heterocycles. The second-order valence-electron chi connectivity index (χ2n) is 7.87. The summed E-state index contributed by atoms with van der Waals surface area (Å²) in [6, 6.07) is 1.31. The molecule has 3 N–H and O–H groups in total. The predicted octanol–water partition coefficient (Wildman–Crippen LogP) is 5.20. The number of urea groups is 1. The Balaban J connectivity index is 1.79. The number of rotatable bonds is 7. The Morgan fingerprint density at radius 3 is 2.32 bits per heavy atom. The molecule has 3 rings (SSSR count). The lowest BCUT2D eigenvalue weighted by Crippen LogP contribution is -2.29. The number of nitrogens with one attached hydrogen (secondary N) is 3. The zero-order chi connectivity index (χ0) is 27.5. The maximum Gasteiger partial charge on any atom is 0.435 e. The maximum atomic E-state index is 13.3. The first-order valence-electron chi connectivity index (χ1n) is 11.0. The number of anilines is 1. The lowest BCUT2D eigenvalue weighted by Gasteiger charge is -2.17. The Labute approximate surface area is 207 Å². The lowest BCUT2D eigenvalue weighted by atomic mass is 10.0. The van der Waals surface area contributed by atoms with Crippen molar-refractivity contribution in [3.8, 4) is 17.1 Å². The summed E-state index contributed by atoms with van der Waals surface area (Å²) in [5.74, 6) is -0.236. The molecule has 200 valence electrons. The van der Waals surface area contributed by atoms with E-state index in [0.29, 0.717) is 11.6 Å². The third kappa shape index (κ3) is 6.27. The van der Waals surface area contributed by atoms with E-state index in [1.165, 1.54) is 19.9 Å². The SMILES string of the molecule is CCOc1nc(C(F)(F)F)cc(NC(=O)NCc2cc(C)c(-c3c(C(F)(F)F)n[nH]c3C)nn2)c1CC. The number of hydrogen-bond donors (Lipinski definition) is 3. The summed E-state index contributed by atoms with van der Waals surface area (Å²) in [4.78, 5) is 16.0. The van der Waals surface area contributed by atoms with Gasteiger partial charge in [0, 0.05) is 11.3 Å². The Morgan fingerprint density at radius 2 is 1.76 bits per heavy atom. The van der Waals surface area contributed by atoms with Gasteiger partial charge in [-0.05, 0) is 44.9 Å². The number of aromatic amines is 1. The second kappa shape index (κ2) is 10.6. The number of pyridine rings is 1. The van der Waals surface area contributed by atoms with Crippen molar-refractivity contribution in [2.24, 2.45) is 0 Å². The first-order chi connectivity index (χ1) is 17.3. The first-order valence-corrected chi connectivity index (χ1v) is 11.0. The van der Waals surface area contributed by atoms with Crippen molar-refractivity contribution in [1.29, 1.82) is 0 Å². The fourth-order valence-corrected chi connectivity index (χ4v) is 3.54. The highest BCUT2D eigenvalue weighted by atomic mass is 19.4. The van der Waals surface area contributed by atoms with E-state index in [4.69, 9.17) is 4.74 Å². The van der Waals surface area contributed by atoms with Gasteiger partial charge in [-0.1, -0.05) is 6.92 Å². The smallest absolute Gasteiger partial charge is 0.435 e. The van der Waals surface area contributed by atoms with Crippen LogP contribution in [0.15, 0.2) is 12.1 Å². The summed E-state index contributed by atoms with van der Waals surface area (Å²) in [7, 11) is 0. The molecule has 9 nitrogen and oxygen atoms in total. The molecule has 0 radical (unpaired) electrons. The van der Waals surface area contributed by atoms with E-state index in [2.05, 4.69) is 36.0 Å². The monoisotopic (exact) mass is 531 g/mol. The Bertz CT molecular complexity index is 1290. The van der Waals surface area contributed by atoms with Gasteiger partial charge in [-0.3, -0.25) is 5.10 Å². The van der Waals surface area contributed by atoms with Crippen LogP contribution in [0.4, 0.5) is 36.8 Å². The summed E-state index contributed by atoms with van der Waals surface area (Å²) in [5, 5.41) is 18.2. The molecular formula is C22H23F6N7O2. The molecule has 0 spiro atoms. The normalized spacial score (nSPS) is 11.9. The second-order valence-corrected chi connectivity index (χ2v) is 7.87. The molecule has 3 heterocycles. The van der Waals surface area contributed by atoms with Crippen LogP contribution in [0.25, 0.3) is 11.3 Å². The number of amides is 2. The number of halogens is 6. The van der Waals surface area contributed by atoms with Crippen LogP contribution in [0.3, 0.4) is 0 Å². The Hall–Kier alpha value is -3.91. The van der Waals surface area contributed by atoms with E-state index in [9.17, 15) is 31.1 Å². The van der Waals surface area contributed by atoms with Gasteiger partial charge in [0.05, 0.1) is 35.8 Å². The van der Waals surface area contributed by atoms with Crippen LogP contribution in [0.5, 0.6) is 5.88 Å². The molecule has 15 heteroatoms. The van der Waals surface area contributed by atoms with Crippen LogP contribution >= 0.6 is 0 Å². The van der Waals surface area contributed by atoms with Gasteiger partial charge in [0.25, 0.3) is 0 Å². The minimum atomic E-state index is -4.76. The molecule has 0 saturated carbocycles. The fourth-order valence-electron chi connectivity index (χ4n) is 3.54. The summed E-state index contributed by atoms with van der Waals surface area (Å²) < 4.78 is 85.0. The Morgan fingerprint density at radius 1 is 1.05 bits per heavy atom. The van der Waals surface area contributed by atoms with Gasteiger partial charge in [0.2, 0.25) is 5.88 Å². The van der Waals surface area contributed by atoms with Crippen LogP contribution in [-0.2, 0) is 25.3 Å². The van der Waals surface area contributed by atoms with E-state index < -0.39 is 29.8 Å². The predicted molar refractivity (Wildman–Crippen MR) is 120 cm³/mol. The summed E-state index contributed by atoms with van der Waals surface area (Å²) in [6.07, 6.45) is -9.24. The average molecular weight is 531 g/mol. The molecule has 0 aromatic carbocycles. The van der Waals surface area contributed by atoms with Gasteiger partial charge in [-0.15, -0.1) is 5.10 Å². The van der Waals surface area contributed by atoms with Gasteiger partial charge >= 0.3 is 18.4 Å². The number of alkyl halides is 6. The molecule has 0 aliphatic heterocycles. The zero-order valence-electron chi connectivity index (χ0n) is 20.1. The van der Waals surface area contributed by atoms with Crippen molar-refractivity contribution in [2.45, 2.75) is 53.0 Å². The molecule has 3 aromatic rings. The van der Waals surface area contributed by atoms with Crippen LogP contribution in [0, 0.1) is 13.8 Å². The largest absolute Gasteiger partial charge is 0.478 e. The number of aryl methyl sites for hydroxylation is 2. The third-order valence-electron chi connectivity index (χ3n) is 5.18.